The van der Waals surface area contributed by atoms with Crippen molar-refractivity contribution in [1.29, 1.82) is 0 Å². The molecule has 3 rings (SSSR count). The average Bonchev–Trinajstić information content (AvgIpc) is 3.18. The van der Waals surface area contributed by atoms with Gasteiger partial charge in [-0.05, 0) is 30.5 Å². The van der Waals surface area contributed by atoms with Gasteiger partial charge in [-0.15, -0.1) is 11.3 Å². The summed E-state index contributed by atoms with van der Waals surface area (Å²) in [5, 5.41) is 4.79. The van der Waals surface area contributed by atoms with Crippen molar-refractivity contribution in [2.75, 3.05) is 31.5 Å². The minimum Gasteiger partial charge on any atom is -0.323 e. The Bertz CT molecular complexity index is 865. The molecule has 1 fully saturated rings. The Morgan fingerprint density at radius 3 is 2.69 bits per heavy atom. The number of anilines is 1. The summed E-state index contributed by atoms with van der Waals surface area (Å²) in [6, 6.07) is 6.42. The van der Waals surface area contributed by atoms with Crippen LogP contribution in [0.3, 0.4) is 0 Å². The van der Waals surface area contributed by atoms with E-state index in [1.807, 2.05) is 6.92 Å². The lowest BCUT2D eigenvalue weighted by Crippen LogP contribution is -3.19. The number of halogens is 1. The Kier molecular flexibility index (Phi) is 5.93. The van der Waals surface area contributed by atoms with Crippen LogP contribution in [0, 0.1) is 0 Å². The van der Waals surface area contributed by atoms with Crippen LogP contribution in [0.15, 0.2) is 40.1 Å². The number of quaternary nitrogens is 1. The molecule has 10 heteroatoms. The summed E-state index contributed by atoms with van der Waals surface area (Å²) in [5.74, 6) is -0.163. The molecular weight excluding hydrogens is 396 g/mol. The number of piperazine rings is 1. The highest BCUT2D eigenvalue weighted by Gasteiger charge is 2.34. The standard InChI is InChI=1S/C16H19ClN4O3S2/c1-12(16(22)19-13-4-2-6-18-15(13)17)20-7-9-21(10-8-20)26(23,24)14-5-3-11-25-14/h2-6,11-12H,7-10H2,1H3,(H,19,22)/p+1/t12-/m1/s1. The molecular formula is C16H20ClN4O3S2+. The van der Waals surface area contributed by atoms with Crippen LogP contribution in [-0.4, -0.2) is 55.8 Å². The molecule has 1 aliphatic rings. The lowest BCUT2D eigenvalue weighted by atomic mass is 10.2. The molecule has 1 amide bonds. The third kappa shape index (κ3) is 4.07. The van der Waals surface area contributed by atoms with Gasteiger partial charge in [-0.1, -0.05) is 17.7 Å². The summed E-state index contributed by atoms with van der Waals surface area (Å²) in [6.45, 7) is 3.75. The van der Waals surface area contributed by atoms with Crippen molar-refractivity contribution in [3.05, 3.63) is 41.0 Å². The summed E-state index contributed by atoms with van der Waals surface area (Å²) < 4.78 is 27.0. The molecule has 2 aromatic heterocycles. The molecule has 0 aliphatic carbocycles. The van der Waals surface area contributed by atoms with Gasteiger partial charge in [-0.25, -0.2) is 13.4 Å². The van der Waals surface area contributed by atoms with E-state index >= 15 is 0 Å². The van der Waals surface area contributed by atoms with Gasteiger partial charge in [0.2, 0.25) is 0 Å². The second kappa shape index (κ2) is 8.01. The van der Waals surface area contributed by atoms with Gasteiger partial charge in [0.25, 0.3) is 15.9 Å². The van der Waals surface area contributed by atoms with Crippen molar-refractivity contribution < 1.29 is 18.1 Å². The second-order valence-corrected chi connectivity index (χ2v) is 9.52. The van der Waals surface area contributed by atoms with E-state index in [1.54, 1.807) is 35.8 Å². The average molecular weight is 416 g/mol. The molecule has 2 aromatic rings. The first kappa shape index (κ1) is 19.2. The Balaban J connectivity index is 1.59. The van der Waals surface area contributed by atoms with Gasteiger partial charge in [0.05, 0.1) is 31.9 Å². The molecule has 140 valence electrons. The molecule has 0 unspecified atom stereocenters. The van der Waals surface area contributed by atoms with E-state index < -0.39 is 10.0 Å². The van der Waals surface area contributed by atoms with E-state index in [-0.39, 0.29) is 17.1 Å². The first-order valence-electron chi connectivity index (χ1n) is 8.19. The fraction of sp³-hybridized carbons (Fsp3) is 0.375. The SMILES string of the molecule is C[C@H](C(=O)Nc1cccnc1Cl)[NH+]1CCN(S(=O)(=O)c2cccs2)CC1. The van der Waals surface area contributed by atoms with Crippen molar-refractivity contribution in [2.45, 2.75) is 17.2 Å². The molecule has 1 saturated heterocycles. The molecule has 1 atom stereocenters. The maximum atomic E-state index is 12.6. The van der Waals surface area contributed by atoms with Gasteiger partial charge >= 0.3 is 0 Å². The fourth-order valence-electron chi connectivity index (χ4n) is 2.89. The van der Waals surface area contributed by atoms with Crippen LogP contribution in [0.4, 0.5) is 5.69 Å². The number of nitrogens with one attached hydrogen (secondary N) is 2. The highest BCUT2D eigenvalue weighted by molar-refractivity contribution is 7.91. The third-order valence-electron chi connectivity index (χ3n) is 4.48. The van der Waals surface area contributed by atoms with Crippen LogP contribution >= 0.6 is 22.9 Å². The minimum atomic E-state index is -3.43. The number of aromatic nitrogens is 1. The zero-order valence-corrected chi connectivity index (χ0v) is 16.6. The zero-order chi connectivity index (χ0) is 18.7. The molecule has 2 N–H and O–H groups in total. The molecule has 3 heterocycles. The van der Waals surface area contributed by atoms with E-state index in [0.717, 1.165) is 4.90 Å². The number of rotatable bonds is 5. The number of hydrogen-bond donors (Lipinski definition) is 2. The normalized spacial score (nSPS) is 17.8. The van der Waals surface area contributed by atoms with Gasteiger partial charge in [0, 0.05) is 6.20 Å². The van der Waals surface area contributed by atoms with Gasteiger partial charge < -0.3 is 10.2 Å². The van der Waals surface area contributed by atoms with E-state index in [1.165, 1.54) is 15.6 Å². The molecule has 0 radical (unpaired) electrons. The minimum absolute atomic E-state index is 0.163. The number of amides is 1. The molecule has 26 heavy (non-hydrogen) atoms. The van der Waals surface area contributed by atoms with Crippen molar-refractivity contribution in [3.8, 4) is 0 Å². The smallest absolute Gasteiger partial charge is 0.282 e. The molecule has 0 spiro atoms. The quantitative estimate of drug-likeness (QED) is 0.704. The van der Waals surface area contributed by atoms with Gasteiger partial charge in [-0.2, -0.15) is 4.31 Å². The maximum Gasteiger partial charge on any atom is 0.282 e. The summed E-state index contributed by atoms with van der Waals surface area (Å²) in [5.41, 5.74) is 0.476. The van der Waals surface area contributed by atoms with E-state index in [4.69, 9.17) is 11.6 Å². The highest BCUT2D eigenvalue weighted by Crippen LogP contribution is 2.21. The van der Waals surface area contributed by atoms with Gasteiger partial charge in [0.15, 0.2) is 11.2 Å². The molecule has 1 aliphatic heterocycles. The number of thiophene rings is 1. The first-order valence-corrected chi connectivity index (χ1v) is 10.9. The van der Waals surface area contributed by atoms with Crippen molar-refractivity contribution >= 4 is 44.6 Å². The number of carbonyl (C=O) groups excluding carboxylic acids is 1. The topological polar surface area (TPSA) is 83.8 Å². The molecule has 7 nitrogen and oxygen atoms in total. The fourth-order valence-corrected chi connectivity index (χ4v) is 5.64. The Hall–Kier alpha value is -1.52. The molecule has 0 aromatic carbocycles. The predicted octanol–water partition coefficient (Wildman–Crippen LogP) is 0.713. The monoisotopic (exact) mass is 415 g/mol. The van der Waals surface area contributed by atoms with Crippen molar-refractivity contribution in [3.63, 3.8) is 0 Å². The van der Waals surface area contributed by atoms with Crippen LogP contribution in [0.5, 0.6) is 0 Å². The van der Waals surface area contributed by atoms with E-state index in [2.05, 4.69) is 10.3 Å². The lowest BCUT2D eigenvalue weighted by Gasteiger charge is -2.33. The Labute approximate surface area is 161 Å². The zero-order valence-electron chi connectivity index (χ0n) is 14.2. The van der Waals surface area contributed by atoms with Crippen LogP contribution in [0.25, 0.3) is 0 Å². The lowest BCUT2D eigenvalue weighted by molar-refractivity contribution is -0.917. The summed E-state index contributed by atoms with van der Waals surface area (Å²) in [4.78, 5) is 17.5. The van der Waals surface area contributed by atoms with Crippen LogP contribution < -0.4 is 10.2 Å². The maximum absolute atomic E-state index is 12.6. The van der Waals surface area contributed by atoms with Gasteiger partial charge in [-0.3, -0.25) is 4.79 Å². The number of sulfonamides is 1. The van der Waals surface area contributed by atoms with E-state index in [9.17, 15) is 13.2 Å². The first-order chi connectivity index (χ1) is 12.4. The molecule has 0 bridgehead atoms. The largest absolute Gasteiger partial charge is 0.323 e. The number of pyridine rings is 1. The predicted molar refractivity (Wildman–Crippen MR) is 101 cm³/mol. The highest BCUT2D eigenvalue weighted by atomic mass is 35.5. The summed E-state index contributed by atoms with van der Waals surface area (Å²) in [7, 11) is -3.43. The van der Waals surface area contributed by atoms with Gasteiger partial charge in [0.1, 0.15) is 4.21 Å². The number of hydrogen-bond acceptors (Lipinski definition) is 5. The molecule has 0 saturated carbocycles. The number of nitrogens with zero attached hydrogens (tertiary/aromatic N) is 2. The number of carbonyl (C=O) groups is 1. The van der Waals surface area contributed by atoms with Crippen LogP contribution in [0.1, 0.15) is 6.92 Å². The summed E-state index contributed by atoms with van der Waals surface area (Å²) >= 11 is 7.19. The summed E-state index contributed by atoms with van der Waals surface area (Å²) in [6.07, 6.45) is 1.56. The van der Waals surface area contributed by atoms with Crippen LogP contribution in [-0.2, 0) is 14.8 Å². The van der Waals surface area contributed by atoms with E-state index in [0.29, 0.717) is 36.1 Å². The third-order valence-corrected chi connectivity index (χ3v) is 8.05. The second-order valence-electron chi connectivity index (χ2n) is 6.05. The van der Waals surface area contributed by atoms with Crippen molar-refractivity contribution in [2.24, 2.45) is 0 Å². The Morgan fingerprint density at radius 1 is 1.35 bits per heavy atom. The van der Waals surface area contributed by atoms with Crippen molar-refractivity contribution in [1.82, 2.24) is 9.29 Å². The Morgan fingerprint density at radius 2 is 2.08 bits per heavy atom. The van der Waals surface area contributed by atoms with Crippen LogP contribution in [0.2, 0.25) is 5.15 Å².